The molecule has 6 nitrogen and oxygen atoms in total. The van der Waals surface area contributed by atoms with Crippen LogP contribution in [0, 0.1) is 0 Å². The summed E-state index contributed by atoms with van der Waals surface area (Å²) in [5, 5.41) is 4.94. The number of benzene rings is 1. The summed E-state index contributed by atoms with van der Waals surface area (Å²) in [6, 6.07) is 10.9. The topological polar surface area (TPSA) is 84.7 Å². The third-order valence-corrected chi connectivity index (χ3v) is 4.43. The number of para-hydroxylation sites is 1. The molecule has 3 N–H and O–H groups in total. The van der Waals surface area contributed by atoms with Gasteiger partial charge in [-0.1, -0.05) is 18.2 Å². The van der Waals surface area contributed by atoms with Crippen LogP contribution in [0.15, 0.2) is 41.8 Å². The second kappa shape index (κ2) is 8.47. The summed E-state index contributed by atoms with van der Waals surface area (Å²) in [7, 11) is 3.95. The molecule has 0 spiro atoms. The largest absolute Gasteiger partial charge is 0.483 e. The van der Waals surface area contributed by atoms with E-state index in [0.29, 0.717) is 17.9 Å². The van der Waals surface area contributed by atoms with Crippen molar-refractivity contribution in [3.05, 3.63) is 52.2 Å². The van der Waals surface area contributed by atoms with Crippen molar-refractivity contribution in [3.63, 3.8) is 0 Å². The molecule has 2 rings (SSSR count). The fourth-order valence-electron chi connectivity index (χ4n) is 2.23. The molecule has 1 atom stereocenters. The maximum absolute atomic E-state index is 12.5. The highest BCUT2D eigenvalue weighted by Crippen LogP contribution is 2.23. The lowest BCUT2D eigenvalue weighted by Gasteiger charge is -2.23. The number of likely N-dealkylation sites (N-methyl/N-ethyl adjacent to an activating group) is 1. The van der Waals surface area contributed by atoms with Crippen LogP contribution in [-0.2, 0) is 4.79 Å². The number of thiophene rings is 1. The molecule has 2 amide bonds. The molecule has 24 heavy (non-hydrogen) atoms. The molecule has 0 saturated heterocycles. The minimum absolute atomic E-state index is 0.0904. The van der Waals surface area contributed by atoms with Gasteiger partial charge in [0.25, 0.3) is 11.8 Å². The van der Waals surface area contributed by atoms with E-state index < -0.39 is 5.91 Å². The Labute approximate surface area is 145 Å². The van der Waals surface area contributed by atoms with Crippen LogP contribution in [0.4, 0.5) is 0 Å². The first-order chi connectivity index (χ1) is 11.5. The minimum atomic E-state index is -0.587. The maximum atomic E-state index is 12.5. The highest BCUT2D eigenvalue weighted by atomic mass is 32.1. The van der Waals surface area contributed by atoms with Crippen LogP contribution >= 0.6 is 11.3 Å². The predicted octanol–water partition coefficient (Wildman–Crippen LogP) is 1.64. The van der Waals surface area contributed by atoms with Crippen molar-refractivity contribution in [3.8, 4) is 5.75 Å². The third kappa shape index (κ3) is 4.81. The van der Waals surface area contributed by atoms with E-state index in [1.165, 1.54) is 4.88 Å². The number of ether oxygens (including phenoxy) is 1. The van der Waals surface area contributed by atoms with E-state index in [2.05, 4.69) is 10.2 Å². The molecule has 0 aliphatic heterocycles. The zero-order valence-electron chi connectivity index (χ0n) is 13.7. The Morgan fingerprint density at radius 3 is 2.62 bits per heavy atom. The minimum Gasteiger partial charge on any atom is -0.483 e. The zero-order valence-corrected chi connectivity index (χ0v) is 14.5. The number of nitrogens with zero attached hydrogens (tertiary/aromatic N) is 1. The van der Waals surface area contributed by atoms with Gasteiger partial charge in [-0.25, -0.2) is 0 Å². The van der Waals surface area contributed by atoms with Gasteiger partial charge in [-0.3, -0.25) is 9.59 Å². The highest BCUT2D eigenvalue weighted by Gasteiger charge is 2.18. The van der Waals surface area contributed by atoms with Crippen LogP contribution in [0.2, 0.25) is 0 Å². The molecular weight excluding hydrogens is 326 g/mol. The number of rotatable bonds is 8. The summed E-state index contributed by atoms with van der Waals surface area (Å²) in [5.41, 5.74) is 5.46. The van der Waals surface area contributed by atoms with Crippen molar-refractivity contribution >= 4 is 23.2 Å². The Hall–Kier alpha value is -2.38. The molecule has 0 bridgehead atoms. The summed E-state index contributed by atoms with van der Waals surface area (Å²) in [6.45, 7) is 0.205. The first kappa shape index (κ1) is 18.0. The summed E-state index contributed by atoms with van der Waals surface area (Å²) in [4.78, 5) is 26.6. The van der Waals surface area contributed by atoms with E-state index in [9.17, 15) is 9.59 Å². The van der Waals surface area contributed by atoms with Crippen LogP contribution in [0.5, 0.6) is 5.75 Å². The Bertz CT molecular complexity index is 686. The van der Waals surface area contributed by atoms with Gasteiger partial charge in [-0.2, -0.15) is 0 Å². The normalized spacial score (nSPS) is 12.0. The number of nitrogens with two attached hydrogens (primary N) is 1. The smallest absolute Gasteiger partial charge is 0.255 e. The predicted molar refractivity (Wildman–Crippen MR) is 94.2 cm³/mol. The van der Waals surface area contributed by atoms with Gasteiger partial charge in [0.05, 0.1) is 11.6 Å². The Kier molecular flexibility index (Phi) is 6.34. The number of nitrogens with one attached hydrogen (secondary N) is 1. The SMILES string of the molecule is CN(C)C(CNC(=O)c1ccccc1OCC(N)=O)c1cccs1. The van der Waals surface area contributed by atoms with Gasteiger partial charge in [-0.05, 0) is 37.7 Å². The number of amides is 2. The molecule has 7 heteroatoms. The average Bonchev–Trinajstić information content (AvgIpc) is 3.07. The van der Waals surface area contributed by atoms with Crippen LogP contribution in [-0.4, -0.2) is 44.0 Å². The van der Waals surface area contributed by atoms with E-state index in [-0.39, 0.29) is 18.6 Å². The maximum Gasteiger partial charge on any atom is 0.255 e. The Balaban J connectivity index is 2.05. The molecule has 0 fully saturated rings. The molecule has 1 aromatic carbocycles. The first-order valence-electron chi connectivity index (χ1n) is 7.47. The van der Waals surface area contributed by atoms with Crippen LogP contribution < -0.4 is 15.8 Å². The van der Waals surface area contributed by atoms with Crippen molar-refractivity contribution in [1.82, 2.24) is 10.2 Å². The fraction of sp³-hybridized carbons (Fsp3) is 0.294. The highest BCUT2D eigenvalue weighted by molar-refractivity contribution is 7.10. The van der Waals surface area contributed by atoms with Gasteiger partial charge in [0.2, 0.25) is 0 Å². The average molecular weight is 347 g/mol. The summed E-state index contributed by atoms with van der Waals surface area (Å²) < 4.78 is 5.30. The molecule has 128 valence electrons. The molecule has 0 aliphatic rings. The first-order valence-corrected chi connectivity index (χ1v) is 8.35. The number of hydrogen-bond donors (Lipinski definition) is 2. The summed E-state index contributed by atoms with van der Waals surface area (Å²) in [5.74, 6) is -0.500. The lowest BCUT2D eigenvalue weighted by atomic mass is 10.1. The van der Waals surface area contributed by atoms with Crippen molar-refractivity contribution in [2.24, 2.45) is 5.73 Å². The molecule has 1 heterocycles. The molecular formula is C17H21N3O3S. The van der Waals surface area contributed by atoms with E-state index in [1.807, 2.05) is 31.6 Å². The number of carbonyl (C=O) groups excluding carboxylic acids is 2. The van der Waals surface area contributed by atoms with E-state index in [4.69, 9.17) is 10.5 Å². The van der Waals surface area contributed by atoms with Crippen LogP contribution in [0.1, 0.15) is 21.3 Å². The monoisotopic (exact) mass is 347 g/mol. The number of hydrogen-bond acceptors (Lipinski definition) is 5. The number of carbonyl (C=O) groups is 2. The van der Waals surface area contributed by atoms with Crippen LogP contribution in [0.25, 0.3) is 0 Å². The van der Waals surface area contributed by atoms with E-state index >= 15 is 0 Å². The third-order valence-electron chi connectivity index (χ3n) is 3.45. The fourth-order valence-corrected chi connectivity index (χ4v) is 3.15. The lowest BCUT2D eigenvalue weighted by molar-refractivity contribution is -0.119. The molecule has 0 aliphatic carbocycles. The van der Waals surface area contributed by atoms with E-state index in [0.717, 1.165) is 0 Å². The van der Waals surface area contributed by atoms with Gasteiger partial charge < -0.3 is 20.7 Å². The van der Waals surface area contributed by atoms with E-state index in [1.54, 1.807) is 35.6 Å². The van der Waals surface area contributed by atoms with Crippen molar-refractivity contribution in [2.75, 3.05) is 27.2 Å². The summed E-state index contributed by atoms with van der Waals surface area (Å²) in [6.07, 6.45) is 0. The van der Waals surface area contributed by atoms with Crippen LogP contribution in [0.3, 0.4) is 0 Å². The lowest BCUT2D eigenvalue weighted by Crippen LogP contribution is -2.34. The van der Waals surface area contributed by atoms with Gasteiger partial charge in [0.15, 0.2) is 6.61 Å². The Morgan fingerprint density at radius 2 is 2.00 bits per heavy atom. The molecule has 1 aromatic heterocycles. The second-order valence-corrected chi connectivity index (χ2v) is 6.44. The molecule has 0 saturated carbocycles. The quantitative estimate of drug-likeness (QED) is 0.760. The zero-order chi connectivity index (χ0) is 17.5. The number of primary amides is 1. The molecule has 0 radical (unpaired) electrons. The standard InChI is InChI=1S/C17H21N3O3S/c1-20(2)13(15-8-5-9-24-15)10-19-17(22)12-6-3-4-7-14(12)23-11-16(18)21/h3-9,13H,10-11H2,1-2H3,(H2,18,21)(H,19,22). The van der Waals surface area contributed by atoms with Gasteiger partial charge >= 0.3 is 0 Å². The molecule has 1 unspecified atom stereocenters. The Morgan fingerprint density at radius 1 is 1.25 bits per heavy atom. The van der Waals surface area contributed by atoms with Gasteiger partial charge in [0.1, 0.15) is 5.75 Å². The summed E-state index contributed by atoms with van der Waals surface area (Å²) >= 11 is 1.65. The second-order valence-electron chi connectivity index (χ2n) is 5.46. The molecule has 2 aromatic rings. The van der Waals surface area contributed by atoms with Gasteiger partial charge in [0, 0.05) is 11.4 Å². The van der Waals surface area contributed by atoms with Gasteiger partial charge in [-0.15, -0.1) is 11.3 Å². The van der Waals surface area contributed by atoms with Crippen molar-refractivity contribution in [1.29, 1.82) is 0 Å². The van der Waals surface area contributed by atoms with Crippen molar-refractivity contribution in [2.45, 2.75) is 6.04 Å². The van der Waals surface area contributed by atoms with Crippen molar-refractivity contribution < 1.29 is 14.3 Å².